The minimum atomic E-state index is 0.0118. The smallest absolute Gasteiger partial charge is 0.266 e. The van der Waals surface area contributed by atoms with Gasteiger partial charge in [0, 0.05) is 6.04 Å². The fraction of sp³-hybridized carbons (Fsp3) is 0.333. The zero-order valence-electron chi connectivity index (χ0n) is 17.7. The molecule has 3 rings (SSSR count). The Morgan fingerprint density at radius 2 is 1.72 bits per heavy atom. The number of aliphatic imine (C=N–C) groups is 1. The van der Waals surface area contributed by atoms with Crippen LogP contribution in [0.4, 0.5) is 5.69 Å². The molecule has 1 aliphatic rings. The van der Waals surface area contributed by atoms with Crippen LogP contribution in [-0.2, 0) is 4.79 Å². The predicted molar refractivity (Wildman–Crippen MR) is 123 cm³/mol. The average molecular weight is 409 g/mol. The van der Waals surface area contributed by atoms with Crippen LogP contribution in [0, 0.1) is 6.92 Å². The molecule has 1 atom stereocenters. The molecule has 152 valence electrons. The summed E-state index contributed by atoms with van der Waals surface area (Å²) in [7, 11) is 0. The molecule has 0 radical (unpaired) electrons. The molecule has 1 heterocycles. The molecule has 29 heavy (non-hydrogen) atoms. The van der Waals surface area contributed by atoms with Crippen LogP contribution in [0.3, 0.4) is 0 Å². The summed E-state index contributed by atoms with van der Waals surface area (Å²) >= 11 is 1.44. The van der Waals surface area contributed by atoms with E-state index >= 15 is 0 Å². The number of benzene rings is 2. The third kappa shape index (κ3) is 5.30. The largest absolute Gasteiger partial charge is 0.491 e. The number of amides is 1. The summed E-state index contributed by atoms with van der Waals surface area (Å²) < 4.78 is 5.69. The van der Waals surface area contributed by atoms with Crippen molar-refractivity contribution < 1.29 is 9.53 Å². The van der Waals surface area contributed by atoms with Crippen molar-refractivity contribution in [1.29, 1.82) is 0 Å². The molecule has 0 bridgehead atoms. The summed E-state index contributed by atoms with van der Waals surface area (Å²) in [5.41, 5.74) is 3.02. The normalized spacial score (nSPS) is 18.1. The number of nitrogens with zero attached hydrogens (tertiary/aromatic N) is 2. The molecule has 0 N–H and O–H groups in total. The van der Waals surface area contributed by atoms with Crippen molar-refractivity contribution in [2.75, 3.05) is 0 Å². The second-order valence-corrected chi connectivity index (χ2v) is 8.52. The molecule has 1 aliphatic heterocycles. The number of thioether (sulfide) groups is 1. The lowest BCUT2D eigenvalue weighted by molar-refractivity contribution is -0.123. The highest BCUT2D eigenvalue weighted by molar-refractivity contribution is 8.18. The van der Waals surface area contributed by atoms with Gasteiger partial charge in [-0.25, -0.2) is 4.99 Å². The van der Waals surface area contributed by atoms with Crippen LogP contribution in [0.1, 0.15) is 45.2 Å². The Morgan fingerprint density at radius 3 is 2.31 bits per heavy atom. The van der Waals surface area contributed by atoms with Gasteiger partial charge in [0.25, 0.3) is 5.91 Å². The molecule has 2 aromatic rings. The molecular formula is C24H28N2O2S. The standard InChI is InChI=1S/C24H28N2O2S/c1-6-18(5)26-23(27)22(15-19-9-13-21(14-10-19)28-16(2)3)29-24(26)25-20-11-7-17(4)8-12-20/h7-16,18H,6H2,1-5H3/b22-15+,25-24?/t18-/m1/s1. The monoisotopic (exact) mass is 408 g/mol. The Labute approximate surface area is 177 Å². The van der Waals surface area contributed by atoms with E-state index in [0.29, 0.717) is 4.91 Å². The van der Waals surface area contributed by atoms with Gasteiger partial charge >= 0.3 is 0 Å². The van der Waals surface area contributed by atoms with Gasteiger partial charge in [-0.3, -0.25) is 9.69 Å². The van der Waals surface area contributed by atoms with Crippen LogP contribution in [0.25, 0.3) is 6.08 Å². The fourth-order valence-electron chi connectivity index (χ4n) is 2.93. The number of carbonyl (C=O) groups is 1. The average Bonchev–Trinajstić information content (AvgIpc) is 2.99. The Balaban J connectivity index is 1.89. The number of rotatable bonds is 6. The van der Waals surface area contributed by atoms with E-state index in [9.17, 15) is 4.79 Å². The van der Waals surface area contributed by atoms with Gasteiger partial charge in [-0.15, -0.1) is 0 Å². The highest BCUT2D eigenvalue weighted by Gasteiger charge is 2.36. The van der Waals surface area contributed by atoms with Gasteiger partial charge < -0.3 is 4.74 Å². The fourth-order valence-corrected chi connectivity index (χ4v) is 4.02. The molecule has 2 aromatic carbocycles. The van der Waals surface area contributed by atoms with E-state index in [4.69, 9.17) is 9.73 Å². The summed E-state index contributed by atoms with van der Waals surface area (Å²) in [6.07, 6.45) is 2.93. The summed E-state index contributed by atoms with van der Waals surface area (Å²) in [6, 6.07) is 15.9. The Hall–Kier alpha value is -2.53. The van der Waals surface area contributed by atoms with Crippen molar-refractivity contribution in [2.24, 2.45) is 4.99 Å². The molecule has 1 saturated heterocycles. The Bertz CT molecular complexity index is 915. The maximum absolute atomic E-state index is 13.1. The highest BCUT2D eigenvalue weighted by Crippen LogP contribution is 2.36. The van der Waals surface area contributed by atoms with E-state index in [-0.39, 0.29) is 18.1 Å². The van der Waals surface area contributed by atoms with Crippen molar-refractivity contribution in [3.8, 4) is 5.75 Å². The SMILES string of the molecule is CC[C@@H](C)N1C(=O)/C(=C\c2ccc(OC(C)C)cc2)SC1=Nc1ccc(C)cc1. The first-order valence-corrected chi connectivity index (χ1v) is 10.8. The van der Waals surface area contributed by atoms with Crippen molar-refractivity contribution in [1.82, 2.24) is 4.90 Å². The maximum atomic E-state index is 13.1. The van der Waals surface area contributed by atoms with Crippen LogP contribution in [-0.4, -0.2) is 28.1 Å². The topological polar surface area (TPSA) is 41.9 Å². The van der Waals surface area contributed by atoms with Crippen molar-refractivity contribution in [2.45, 2.75) is 53.2 Å². The zero-order chi connectivity index (χ0) is 21.0. The van der Waals surface area contributed by atoms with Gasteiger partial charge in [0.2, 0.25) is 0 Å². The number of hydrogen-bond acceptors (Lipinski definition) is 4. The van der Waals surface area contributed by atoms with Crippen molar-refractivity contribution >= 4 is 34.6 Å². The van der Waals surface area contributed by atoms with Crippen molar-refractivity contribution in [3.63, 3.8) is 0 Å². The molecule has 0 spiro atoms. The van der Waals surface area contributed by atoms with E-state index < -0.39 is 0 Å². The van der Waals surface area contributed by atoms with Gasteiger partial charge in [0.05, 0.1) is 16.7 Å². The van der Waals surface area contributed by atoms with E-state index in [0.717, 1.165) is 28.6 Å². The lowest BCUT2D eigenvalue weighted by atomic mass is 10.2. The van der Waals surface area contributed by atoms with E-state index in [1.165, 1.54) is 17.3 Å². The van der Waals surface area contributed by atoms with Gasteiger partial charge in [0.1, 0.15) is 5.75 Å². The highest BCUT2D eigenvalue weighted by atomic mass is 32.2. The van der Waals surface area contributed by atoms with E-state index in [1.807, 2.05) is 73.4 Å². The summed E-state index contributed by atoms with van der Waals surface area (Å²) in [5.74, 6) is 0.841. The zero-order valence-corrected chi connectivity index (χ0v) is 18.5. The molecular weight excluding hydrogens is 380 g/mol. The molecule has 5 heteroatoms. The molecule has 4 nitrogen and oxygen atoms in total. The summed E-state index contributed by atoms with van der Waals surface area (Å²) in [6.45, 7) is 10.2. The molecule has 0 aliphatic carbocycles. The first kappa shape index (κ1) is 21.2. The quantitative estimate of drug-likeness (QED) is 0.536. The number of carbonyl (C=O) groups excluding carboxylic acids is 1. The summed E-state index contributed by atoms with van der Waals surface area (Å²) in [5, 5.41) is 0.735. The third-order valence-electron chi connectivity index (χ3n) is 4.68. The number of ether oxygens (including phenoxy) is 1. The predicted octanol–water partition coefficient (Wildman–Crippen LogP) is 6.18. The molecule has 0 unspecified atom stereocenters. The first-order chi connectivity index (χ1) is 13.9. The van der Waals surface area contributed by atoms with Crippen molar-refractivity contribution in [3.05, 3.63) is 64.6 Å². The number of aryl methyl sites for hydroxylation is 1. The van der Waals surface area contributed by atoms with Crippen LogP contribution in [0.2, 0.25) is 0 Å². The van der Waals surface area contributed by atoms with Gasteiger partial charge in [-0.1, -0.05) is 36.8 Å². The maximum Gasteiger partial charge on any atom is 0.266 e. The minimum Gasteiger partial charge on any atom is -0.491 e. The summed E-state index contributed by atoms with van der Waals surface area (Å²) in [4.78, 5) is 20.4. The lowest BCUT2D eigenvalue weighted by Gasteiger charge is -2.22. The van der Waals surface area contributed by atoms with Crippen LogP contribution < -0.4 is 4.74 Å². The molecule has 0 saturated carbocycles. The molecule has 1 amide bonds. The van der Waals surface area contributed by atoms with Crippen LogP contribution in [0.15, 0.2) is 58.4 Å². The Kier molecular flexibility index (Phi) is 6.80. The van der Waals surface area contributed by atoms with Crippen LogP contribution >= 0.6 is 11.8 Å². The molecule has 1 fully saturated rings. The Morgan fingerprint density at radius 1 is 1.07 bits per heavy atom. The second-order valence-electron chi connectivity index (χ2n) is 7.51. The van der Waals surface area contributed by atoms with Gasteiger partial charge in [-0.05, 0) is 81.8 Å². The molecule has 0 aromatic heterocycles. The lowest BCUT2D eigenvalue weighted by Crippen LogP contribution is -2.36. The minimum absolute atomic E-state index is 0.0118. The number of hydrogen-bond donors (Lipinski definition) is 0. The van der Waals surface area contributed by atoms with E-state index in [1.54, 1.807) is 0 Å². The second kappa shape index (κ2) is 9.31. The van der Waals surface area contributed by atoms with Gasteiger partial charge in [0.15, 0.2) is 5.17 Å². The van der Waals surface area contributed by atoms with Gasteiger partial charge in [-0.2, -0.15) is 0 Å². The number of amidine groups is 1. The van der Waals surface area contributed by atoms with E-state index in [2.05, 4.69) is 20.8 Å². The first-order valence-electron chi connectivity index (χ1n) is 10.0. The third-order valence-corrected chi connectivity index (χ3v) is 5.66. The van der Waals surface area contributed by atoms with Crippen LogP contribution in [0.5, 0.6) is 5.75 Å².